The van der Waals surface area contributed by atoms with Crippen LogP contribution < -0.4 is 5.32 Å². The molecule has 0 spiro atoms. The predicted octanol–water partition coefficient (Wildman–Crippen LogP) is 3.35. The number of benzene rings is 1. The molecule has 0 radical (unpaired) electrons. The molecule has 0 unspecified atom stereocenters. The highest BCUT2D eigenvalue weighted by molar-refractivity contribution is 7.19. The average Bonchev–Trinajstić information content (AvgIpc) is 3.35. The van der Waals surface area contributed by atoms with Gasteiger partial charge in [0, 0.05) is 6.42 Å². The van der Waals surface area contributed by atoms with Crippen LogP contribution in [0.1, 0.15) is 37.0 Å². The van der Waals surface area contributed by atoms with Crippen molar-refractivity contribution < 1.29 is 33.4 Å². The van der Waals surface area contributed by atoms with Gasteiger partial charge in [-0.25, -0.2) is 14.6 Å². The number of hydrogen-bond acceptors (Lipinski definition) is 10. The number of anilines is 1. The van der Waals surface area contributed by atoms with E-state index in [9.17, 15) is 19.2 Å². The summed E-state index contributed by atoms with van der Waals surface area (Å²) in [7, 11) is 2.40. The zero-order valence-electron chi connectivity index (χ0n) is 17.6. The number of para-hydroxylation sites is 1. The first kappa shape index (κ1) is 23.4. The van der Waals surface area contributed by atoms with Gasteiger partial charge in [0.05, 0.1) is 41.4 Å². The number of thiophene rings is 1. The van der Waals surface area contributed by atoms with Gasteiger partial charge in [-0.3, -0.25) is 9.59 Å². The van der Waals surface area contributed by atoms with E-state index in [-0.39, 0.29) is 21.9 Å². The van der Waals surface area contributed by atoms with E-state index in [1.54, 1.807) is 6.92 Å². The molecular formula is C21H20N2O7S2. The maximum absolute atomic E-state index is 12.3. The summed E-state index contributed by atoms with van der Waals surface area (Å²) in [4.78, 5) is 52.9. The fraction of sp³-hybridized carbons (Fsp3) is 0.286. The highest BCUT2D eigenvalue weighted by atomic mass is 32.1. The molecule has 3 aromatic rings. The Morgan fingerprint density at radius 3 is 2.44 bits per heavy atom. The molecule has 9 nitrogen and oxygen atoms in total. The summed E-state index contributed by atoms with van der Waals surface area (Å²) < 4.78 is 15.5. The lowest BCUT2D eigenvalue weighted by Crippen LogP contribution is -2.21. The summed E-state index contributed by atoms with van der Waals surface area (Å²) in [6.45, 7) is 1.01. The zero-order chi connectivity index (χ0) is 23.3. The van der Waals surface area contributed by atoms with Gasteiger partial charge in [0.2, 0.25) is 0 Å². The van der Waals surface area contributed by atoms with Crippen molar-refractivity contribution in [2.45, 2.75) is 19.8 Å². The fourth-order valence-electron chi connectivity index (χ4n) is 2.85. The number of nitrogens with zero attached hydrogens (tertiary/aromatic N) is 1. The number of esters is 3. The van der Waals surface area contributed by atoms with Gasteiger partial charge in [-0.15, -0.1) is 22.7 Å². The van der Waals surface area contributed by atoms with Crippen molar-refractivity contribution in [3.63, 3.8) is 0 Å². The molecule has 168 valence electrons. The summed E-state index contributed by atoms with van der Waals surface area (Å²) in [5, 5.41) is 3.42. The van der Waals surface area contributed by atoms with E-state index >= 15 is 0 Å². The minimum atomic E-state index is -0.711. The number of ether oxygens (including phenoxy) is 3. The fourth-order valence-corrected chi connectivity index (χ4v) is 4.95. The predicted molar refractivity (Wildman–Crippen MR) is 119 cm³/mol. The molecular weight excluding hydrogens is 456 g/mol. The van der Waals surface area contributed by atoms with Crippen molar-refractivity contribution in [3.05, 3.63) is 45.3 Å². The van der Waals surface area contributed by atoms with Crippen LogP contribution in [0.2, 0.25) is 0 Å². The Labute approximate surface area is 191 Å². The van der Waals surface area contributed by atoms with E-state index in [1.807, 2.05) is 24.3 Å². The molecule has 0 fully saturated rings. The molecule has 0 aliphatic heterocycles. The number of thiazole rings is 1. The van der Waals surface area contributed by atoms with Crippen LogP contribution >= 0.6 is 22.7 Å². The number of fused-ring (bicyclic) bond motifs is 1. The minimum absolute atomic E-state index is 0.0495. The molecule has 0 saturated carbocycles. The lowest BCUT2D eigenvalue weighted by molar-refractivity contribution is -0.147. The Kier molecular flexibility index (Phi) is 7.54. The van der Waals surface area contributed by atoms with Crippen LogP contribution in [0.4, 0.5) is 5.00 Å². The number of carbonyl (C=O) groups excluding carboxylic acids is 4. The second kappa shape index (κ2) is 10.3. The number of nitrogens with one attached hydrogen (secondary N) is 1. The van der Waals surface area contributed by atoms with Gasteiger partial charge in [-0.1, -0.05) is 12.1 Å². The maximum atomic E-state index is 12.3. The first-order valence-electron chi connectivity index (χ1n) is 9.44. The van der Waals surface area contributed by atoms with Crippen molar-refractivity contribution in [2.24, 2.45) is 0 Å². The van der Waals surface area contributed by atoms with E-state index in [0.29, 0.717) is 12.0 Å². The summed E-state index contributed by atoms with van der Waals surface area (Å²) in [5.41, 5.74) is 1.25. The largest absolute Gasteiger partial charge is 0.465 e. The van der Waals surface area contributed by atoms with E-state index in [0.717, 1.165) is 26.6 Å². The maximum Gasteiger partial charge on any atom is 0.348 e. The third-order valence-corrected chi connectivity index (χ3v) is 6.69. The second-order valence-electron chi connectivity index (χ2n) is 6.53. The molecule has 0 atom stereocenters. The number of amides is 1. The van der Waals surface area contributed by atoms with Crippen molar-refractivity contribution in [3.8, 4) is 0 Å². The number of aromatic nitrogens is 1. The number of hydrogen-bond donors (Lipinski definition) is 1. The summed E-state index contributed by atoms with van der Waals surface area (Å²) in [5.74, 6) is -2.55. The van der Waals surface area contributed by atoms with Crippen molar-refractivity contribution >= 4 is 61.7 Å². The van der Waals surface area contributed by atoms with Crippen LogP contribution in [-0.4, -0.2) is 49.6 Å². The van der Waals surface area contributed by atoms with Gasteiger partial charge in [0.1, 0.15) is 9.88 Å². The highest BCUT2D eigenvalue weighted by Gasteiger charge is 2.27. The molecule has 2 aromatic heterocycles. The molecule has 0 aliphatic carbocycles. The average molecular weight is 477 g/mol. The number of rotatable bonds is 8. The third-order valence-electron chi connectivity index (χ3n) is 4.41. The number of methoxy groups -OCH3 is 2. The Morgan fingerprint density at radius 2 is 1.75 bits per heavy atom. The summed E-state index contributed by atoms with van der Waals surface area (Å²) in [6.07, 6.45) is 0.476. The second-order valence-corrected chi connectivity index (χ2v) is 8.66. The third kappa shape index (κ3) is 5.29. The topological polar surface area (TPSA) is 121 Å². The highest BCUT2D eigenvalue weighted by Crippen LogP contribution is 2.34. The molecule has 1 N–H and O–H groups in total. The Balaban J connectivity index is 1.57. The smallest absolute Gasteiger partial charge is 0.348 e. The molecule has 0 bridgehead atoms. The van der Waals surface area contributed by atoms with Gasteiger partial charge in [0.25, 0.3) is 5.91 Å². The molecule has 0 aliphatic rings. The summed E-state index contributed by atoms with van der Waals surface area (Å²) >= 11 is 2.38. The Morgan fingerprint density at radius 1 is 1.03 bits per heavy atom. The first-order chi connectivity index (χ1) is 15.3. The SMILES string of the molecule is COC(=O)c1sc(NC(=O)COC(=O)CCc2nc3ccccc3s2)c(C(=O)OC)c1C. The van der Waals surface area contributed by atoms with Gasteiger partial charge < -0.3 is 19.5 Å². The summed E-state index contributed by atoms with van der Waals surface area (Å²) in [6, 6.07) is 7.68. The standard InChI is InChI=1S/C21H20N2O7S2/c1-11-17(20(26)28-2)19(32-18(11)21(27)29-3)23-14(24)10-30-16(25)9-8-15-22-12-6-4-5-7-13(12)31-15/h4-7H,8-10H2,1-3H3,(H,23,24). The van der Waals surface area contributed by atoms with E-state index in [2.05, 4.69) is 10.3 Å². The van der Waals surface area contributed by atoms with Crippen LogP contribution in [-0.2, 0) is 30.2 Å². The molecule has 0 saturated heterocycles. The molecule has 1 amide bonds. The van der Waals surface area contributed by atoms with Crippen LogP contribution in [0.3, 0.4) is 0 Å². The molecule has 2 heterocycles. The lowest BCUT2D eigenvalue weighted by Gasteiger charge is -2.07. The van der Waals surface area contributed by atoms with E-state index in [1.165, 1.54) is 25.6 Å². The first-order valence-corrected chi connectivity index (χ1v) is 11.1. The van der Waals surface area contributed by atoms with Gasteiger partial charge in [-0.05, 0) is 24.6 Å². The Hall–Kier alpha value is -3.31. The molecule has 11 heteroatoms. The van der Waals surface area contributed by atoms with E-state index in [4.69, 9.17) is 14.2 Å². The van der Waals surface area contributed by atoms with Crippen LogP contribution in [0.15, 0.2) is 24.3 Å². The van der Waals surface area contributed by atoms with Crippen LogP contribution in [0.25, 0.3) is 10.2 Å². The van der Waals surface area contributed by atoms with E-state index < -0.39 is 30.4 Å². The molecule has 1 aromatic carbocycles. The normalized spacial score (nSPS) is 10.6. The molecule has 3 rings (SSSR count). The van der Waals surface area contributed by atoms with Gasteiger partial charge in [-0.2, -0.15) is 0 Å². The minimum Gasteiger partial charge on any atom is -0.465 e. The number of aryl methyl sites for hydroxylation is 1. The monoisotopic (exact) mass is 476 g/mol. The van der Waals surface area contributed by atoms with Gasteiger partial charge >= 0.3 is 17.9 Å². The number of carbonyl (C=O) groups is 4. The quantitative estimate of drug-likeness (QED) is 0.388. The van der Waals surface area contributed by atoms with Crippen molar-refractivity contribution in [1.82, 2.24) is 4.98 Å². The van der Waals surface area contributed by atoms with Crippen LogP contribution in [0.5, 0.6) is 0 Å². The van der Waals surface area contributed by atoms with Crippen molar-refractivity contribution in [1.29, 1.82) is 0 Å². The zero-order valence-corrected chi connectivity index (χ0v) is 19.2. The molecule has 32 heavy (non-hydrogen) atoms. The van der Waals surface area contributed by atoms with Crippen LogP contribution in [0, 0.1) is 6.92 Å². The van der Waals surface area contributed by atoms with Gasteiger partial charge in [0.15, 0.2) is 6.61 Å². The lowest BCUT2D eigenvalue weighted by atomic mass is 10.1. The van der Waals surface area contributed by atoms with Crippen molar-refractivity contribution in [2.75, 3.05) is 26.1 Å². The Bertz CT molecular complexity index is 1150.